The second-order valence-corrected chi connectivity index (χ2v) is 13.2. The Morgan fingerprint density at radius 3 is 2.06 bits per heavy atom. The van der Waals surface area contributed by atoms with Crippen LogP contribution in [0.5, 0.6) is 0 Å². The molecule has 3 atom stereocenters. The minimum absolute atomic E-state index is 0.0121. The van der Waals surface area contributed by atoms with Crippen molar-refractivity contribution >= 4 is 18.1 Å². The molecule has 1 fully saturated rings. The molecule has 0 aromatic rings. The number of allylic oxidation sites excluding steroid dienone is 5. The van der Waals surface area contributed by atoms with Gasteiger partial charge in [0.25, 0.3) is 0 Å². The molecule has 0 aromatic heterocycles. The van der Waals surface area contributed by atoms with Gasteiger partial charge in [-0.1, -0.05) is 76.3 Å². The van der Waals surface area contributed by atoms with E-state index in [0.29, 0.717) is 31.4 Å². The van der Waals surface area contributed by atoms with Crippen molar-refractivity contribution in [2.24, 2.45) is 11.8 Å². The Bertz CT molecular complexity index is 887. The number of carbonyl (C=O) groups is 3. The van der Waals surface area contributed by atoms with Crippen molar-refractivity contribution in [1.82, 2.24) is 4.90 Å². The maximum atomic E-state index is 12.4. The summed E-state index contributed by atoms with van der Waals surface area (Å²) in [5, 5.41) is 0. The van der Waals surface area contributed by atoms with Crippen molar-refractivity contribution < 1.29 is 33.3 Å². The van der Waals surface area contributed by atoms with Crippen molar-refractivity contribution in [2.75, 3.05) is 40.0 Å². The Morgan fingerprint density at radius 1 is 0.809 bits per heavy atom. The molecule has 47 heavy (non-hydrogen) atoms. The summed E-state index contributed by atoms with van der Waals surface area (Å²) in [5.41, 5.74) is 0. The maximum Gasteiger partial charge on any atom is 0.508 e. The second-order valence-electron chi connectivity index (χ2n) is 13.2. The number of esters is 2. The Labute approximate surface area is 286 Å². The number of hydrogen-bond donors (Lipinski definition) is 0. The molecule has 8 nitrogen and oxygen atoms in total. The molecule has 1 aliphatic heterocycles. The Kier molecular flexibility index (Phi) is 26.6. The average Bonchev–Trinajstić information content (AvgIpc) is 3.46. The molecule has 0 amide bonds. The largest absolute Gasteiger partial charge is 0.508 e. The van der Waals surface area contributed by atoms with Crippen molar-refractivity contribution in [1.29, 1.82) is 0 Å². The average molecular weight is 662 g/mol. The zero-order valence-corrected chi connectivity index (χ0v) is 30.1. The summed E-state index contributed by atoms with van der Waals surface area (Å²) < 4.78 is 21.5. The van der Waals surface area contributed by atoms with Crippen LogP contribution in [-0.4, -0.2) is 69.1 Å². The molecule has 0 radical (unpaired) electrons. The summed E-state index contributed by atoms with van der Waals surface area (Å²) in [5.74, 6) is -0.576. The predicted molar refractivity (Wildman–Crippen MR) is 190 cm³/mol. The molecular formula is C39H67NO7. The second kappa shape index (κ2) is 29.5. The highest BCUT2D eigenvalue weighted by atomic mass is 16.7. The lowest BCUT2D eigenvalue weighted by Gasteiger charge is -2.19. The van der Waals surface area contributed by atoms with Gasteiger partial charge in [-0.15, -0.1) is 6.58 Å². The van der Waals surface area contributed by atoms with Gasteiger partial charge in [0.1, 0.15) is 19.8 Å². The Morgan fingerprint density at radius 2 is 1.43 bits per heavy atom. The zero-order chi connectivity index (χ0) is 34.4. The van der Waals surface area contributed by atoms with Crippen LogP contribution in [0.2, 0.25) is 0 Å². The van der Waals surface area contributed by atoms with Crippen LogP contribution in [-0.2, 0) is 28.5 Å². The number of hydrogen-bond acceptors (Lipinski definition) is 8. The Hall–Kier alpha value is -2.61. The summed E-state index contributed by atoms with van der Waals surface area (Å²) in [6.45, 7) is 9.46. The third kappa shape index (κ3) is 25.1. The lowest BCUT2D eigenvalue weighted by Crippen LogP contribution is -2.28. The molecule has 270 valence electrons. The molecule has 1 aliphatic rings. The maximum absolute atomic E-state index is 12.4. The minimum atomic E-state index is -0.755. The lowest BCUT2D eigenvalue weighted by molar-refractivity contribution is -0.150. The standard InChI is InChI=1S/C39H67NO7/c1-5-7-8-9-10-11-12-13-14-15-16-17-18-19-20-26-37(41)45-31-35(32-46-38(42)27-21-24-34(3)23-6-2)33-47-39(43)44-30-28-36-25-22-29-40(36)4/h6,10-11,13-14,34-36H,2,5,7-9,12,15-33H2,1,3-4H3/b11-10-,14-13-. The van der Waals surface area contributed by atoms with Crippen molar-refractivity contribution in [3.8, 4) is 0 Å². The quantitative estimate of drug-likeness (QED) is 0.0339. The highest BCUT2D eigenvalue weighted by Crippen LogP contribution is 2.18. The first-order valence-corrected chi connectivity index (χ1v) is 18.6. The molecule has 0 aliphatic carbocycles. The SMILES string of the molecule is C=CCC(C)CCCC(=O)OCC(COC(=O)CCCCCCC/C=C\C/C=C\CCCCC)COC(=O)OCCC1CCCN1C. The van der Waals surface area contributed by atoms with Crippen LogP contribution >= 0.6 is 0 Å². The van der Waals surface area contributed by atoms with E-state index in [2.05, 4.69) is 56.7 Å². The van der Waals surface area contributed by atoms with Crippen LogP contribution in [0.1, 0.15) is 136 Å². The number of unbranched alkanes of at least 4 members (excludes halogenated alkanes) is 8. The summed E-state index contributed by atoms with van der Waals surface area (Å²) in [7, 11) is 2.08. The van der Waals surface area contributed by atoms with E-state index in [-0.39, 0.29) is 31.8 Å². The highest BCUT2D eigenvalue weighted by molar-refractivity contribution is 5.69. The van der Waals surface area contributed by atoms with E-state index in [1.165, 1.54) is 25.7 Å². The van der Waals surface area contributed by atoms with Crippen LogP contribution in [0.25, 0.3) is 0 Å². The molecule has 1 rings (SSSR count). The molecule has 0 N–H and O–H groups in total. The molecule has 1 heterocycles. The molecular weight excluding hydrogens is 594 g/mol. The van der Waals surface area contributed by atoms with Gasteiger partial charge in [-0.2, -0.15) is 0 Å². The minimum Gasteiger partial charge on any atom is -0.465 e. The van der Waals surface area contributed by atoms with Crippen molar-refractivity contribution in [3.05, 3.63) is 37.0 Å². The number of carbonyl (C=O) groups excluding carboxylic acids is 3. The summed E-state index contributed by atoms with van der Waals surface area (Å²) in [6.07, 6.45) is 28.8. The van der Waals surface area contributed by atoms with Crippen LogP contribution < -0.4 is 0 Å². The third-order valence-electron chi connectivity index (χ3n) is 8.72. The normalized spacial score (nSPS) is 16.4. The molecule has 3 unspecified atom stereocenters. The number of likely N-dealkylation sites (tertiary alicyclic amines) is 1. The monoisotopic (exact) mass is 661 g/mol. The number of nitrogens with zero attached hydrogens (tertiary/aromatic N) is 1. The summed E-state index contributed by atoms with van der Waals surface area (Å²) in [4.78, 5) is 39.3. The summed E-state index contributed by atoms with van der Waals surface area (Å²) in [6, 6.07) is 0.425. The molecule has 0 aromatic carbocycles. The first kappa shape index (κ1) is 42.4. The van der Waals surface area contributed by atoms with E-state index in [1.807, 2.05) is 6.08 Å². The van der Waals surface area contributed by atoms with Gasteiger partial charge in [0.2, 0.25) is 0 Å². The van der Waals surface area contributed by atoms with Crippen LogP contribution in [0.15, 0.2) is 37.0 Å². The van der Waals surface area contributed by atoms with Crippen LogP contribution in [0.4, 0.5) is 4.79 Å². The first-order valence-electron chi connectivity index (χ1n) is 18.6. The molecule has 0 spiro atoms. The number of ether oxygens (including phenoxy) is 4. The van der Waals surface area contributed by atoms with Gasteiger partial charge in [0, 0.05) is 18.9 Å². The predicted octanol–water partition coefficient (Wildman–Crippen LogP) is 9.52. The van der Waals surface area contributed by atoms with Gasteiger partial charge in [0.05, 0.1) is 12.5 Å². The topological polar surface area (TPSA) is 91.4 Å². The fourth-order valence-electron chi connectivity index (χ4n) is 5.64. The zero-order valence-electron chi connectivity index (χ0n) is 30.1. The highest BCUT2D eigenvalue weighted by Gasteiger charge is 2.22. The molecule has 0 saturated carbocycles. The van der Waals surface area contributed by atoms with Crippen molar-refractivity contribution in [3.63, 3.8) is 0 Å². The van der Waals surface area contributed by atoms with Gasteiger partial charge < -0.3 is 23.8 Å². The molecule has 1 saturated heterocycles. The first-order chi connectivity index (χ1) is 22.8. The van der Waals surface area contributed by atoms with Gasteiger partial charge in [-0.3, -0.25) is 9.59 Å². The van der Waals surface area contributed by atoms with E-state index >= 15 is 0 Å². The van der Waals surface area contributed by atoms with Gasteiger partial charge in [-0.05, 0) is 96.6 Å². The third-order valence-corrected chi connectivity index (χ3v) is 8.72. The lowest BCUT2D eigenvalue weighted by atomic mass is 10.0. The fourth-order valence-corrected chi connectivity index (χ4v) is 5.64. The fraction of sp³-hybridized carbons (Fsp3) is 0.769. The Balaban J connectivity index is 2.29. The van der Waals surface area contributed by atoms with E-state index in [4.69, 9.17) is 18.9 Å². The van der Waals surface area contributed by atoms with Gasteiger partial charge >= 0.3 is 18.1 Å². The smallest absolute Gasteiger partial charge is 0.465 e. The van der Waals surface area contributed by atoms with E-state index in [9.17, 15) is 14.4 Å². The van der Waals surface area contributed by atoms with Crippen LogP contribution in [0.3, 0.4) is 0 Å². The van der Waals surface area contributed by atoms with E-state index in [1.54, 1.807) is 0 Å². The van der Waals surface area contributed by atoms with E-state index < -0.39 is 12.1 Å². The van der Waals surface area contributed by atoms with Crippen LogP contribution in [0, 0.1) is 11.8 Å². The molecule has 8 heteroatoms. The number of rotatable bonds is 29. The van der Waals surface area contributed by atoms with Gasteiger partial charge in [0.15, 0.2) is 0 Å². The van der Waals surface area contributed by atoms with Gasteiger partial charge in [-0.25, -0.2) is 4.79 Å². The summed E-state index contributed by atoms with van der Waals surface area (Å²) >= 11 is 0. The van der Waals surface area contributed by atoms with E-state index in [0.717, 1.165) is 90.0 Å². The van der Waals surface area contributed by atoms with Crippen molar-refractivity contribution in [2.45, 2.75) is 142 Å². The molecule has 0 bridgehead atoms.